The molecule has 0 spiro atoms. The Morgan fingerprint density at radius 2 is 1.92 bits per heavy atom. The Morgan fingerprint density at radius 1 is 1.24 bits per heavy atom. The maximum absolute atomic E-state index is 14.1. The highest BCUT2D eigenvalue weighted by Crippen LogP contribution is 2.28. The van der Waals surface area contributed by atoms with Crippen LogP contribution in [0, 0.1) is 25.5 Å². The second-order valence-corrected chi connectivity index (χ2v) is 7.57. The Labute approximate surface area is 141 Å². The molecule has 0 aliphatic carbocycles. The molecule has 1 unspecified atom stereocenters. The fraction of sp³-hybridized carbons (Fsp3) is 0.357. The van der Waals surface area contributed by atoms with Gasteiger partial charge in [-0.1, -0.05) is 0 Å². The predicted molar refractivity (Wildman–Crippen MR) is 80.0 cm³/mol. The van der Waals surface area contributed by atoms with E-state index in [4.69, 9.17) is 0 Å². The molecule has 25 heavy (non-hydrogen) atoms. The largest absolute Gasteiger partial charge is 0.480 e. The Bertz CT molecular complexity index is 973. The minimum Gasteiger partial charge on any atom is -0.480 e. The van der Waals surface area contributed by atoms with Crippen LogP contribution in [0.15, 0.2) is 17.0 Å². The van der Waals surface area contributed by atoms with E-state index in [2.05, 4.69) is 10.2 Å². The van der Waals surface area contributed by atoms with Gasteiger partial charge in [-0.3, -0.25) is 4.79 Å². The summed E-state index contributed by atoms with van der Waals surface area (Å²) in [6.45, 7) is 2.32. The average Bonchev–Trinajstić information content (AvgIpc) is 2.90. The van der Waals surface area contributed by atoms with Gasteiger partial charge in [-0.25, -0.2) is 17.2 Å². The summed E-state index contributed by atoms with van der Waals surface area (Å²) in [5.74, 6) is -2.86. The van der Waals surface area contributed by atoms with Gasteiger partial charge >= 0.3 is 5.97 Å². The van der Waals surface area contributed by atoms with Crippen LogP contribution >= 0.6 is 0 Å². The lowest BCUT2D eigenvalue weighted by Crippen LogP contribution is -2.50. The molecule has 0 saturated carbocycles. The van der Waals surface area contributed by atoms with Gasteiger partial charge in [0, 0.05) is 6.07 Å². The number of carboxylic acid groups (broad SMARTS) is 1. The van der Waals surface area contributed by atoms with Crippen LogP contribution in [0.2, 0.25) is 0 Å². The molecule has 0 saturated heterocycles. The maximum Gasteiger partial charge on any atom is 0.323 e. The van der Waals surface area contributed by atoms with E-state index >= 15 is 0 Å². The summed E-state index contributed by atoms with van der Waals surface area (Å²) in [7, 11) is -4.53. The third-order valence-corrected chi connectivity index (χ3v) is 5.97. The van der Waals surface area contributed by atoms with Crippen LogP contribution < -0.4 is 0 Å². The van der Waals surface area contributed by atoms with Crippen LogP contribution in [0.3, 0.4) is 0 Å². The summed E-state index contributed by atoms with van der Waals surface area (Å²) < 4.78 is 55.3. The Kier molecular flexibility index (Phi) is 4.07. The first-order valence-corrected chi connectivity index (χ1v) is 8.66. The van der Waals surface area contributed by atoms with E-state index in [1.807, 2.05) is 0 Å². The van der Waals surface area contributed by atoms with Gasteiger partial charge in [-0.15, -0.1) is 10.2 Å². The van der Waals surface area contributed by atoms with Crippen molar-refractivity contribution >= 4 is 16.0 Å². The molecule has 0 amide bonds. The normalized spacial score (nSPS) is 18.2. The summed E-state index contributed by atoms with van der Waals surface area (Å²) >= 11 is 0. The number of hydrogen-bond donors (Lipinski definition) is 1. The molecule has 11 heteroatoms. The zero-order valence-corrected chi connectivity index (χ0v) is 14.1. The number of sulfonamides is 1. The van der Waals surface area contributed by atoms with Gasteiger partial charge in [0.15, 0.2) is 0 Å². The van der Waals surface area contributed by atoms with Crippen molar-refractivity contribution in [3.63, 3.8) is 0 Å². The van der Waals surface area contributed by atoms with Crippen LogP contribution in [0.25, 0.3) is 0 Å². The van der Waals surface area contributed by atoms with Gasteiger partial charge in [0.1, 0.15) is 34.2 Å². The van der Waals surface area contributed by atoms with Crippen molar-refractivity contribution < 1.29 is 27.1 Å². The molecule has 134 valence electrons. The van der Waals surface area contributed by atoms with Gasteiger partial charge in [-0.2, -0.15) is 4.31 Å². The van der Waals surface area contributed by atoms with Gasteiger partial charge in [0.05, 0.1) is 13.1 Å². The van der Waals surface area contributed by atoms with Crippen molar-refractivity contribution in [3.8, 4) is 0 Å². The summed E-state index contributed by atoms with van der Waals surface area (Å²) in [6, 6.07) is -0.144. The van der Waals surface area contributed by atoms with Crippen molar-refractivity contribution in [2.24, 2.45) is 0 Å². The first kappa shape index (κ1) is 17.4. The molecular formula is C14H14F2N4O4S. The number of aromatic nitrogens is 3. The molecule has 0 bridgehead atoms. The molecule has 2 aromatic rings. The monoisotopic (exact) mass is 372 g/mol. The molecule has 1 aromatic heterocycles. The lowest BCUT2D eigenvalue weighted by Gasteiger charge is -2.32. The number of rotatable bonds is 3. The van der Waals surface area contributed by atoms with Crippen molar-refractivity contribution in [2.75, 3.05) is 0 Å². The first-order chi connectivity index (χ1) is 11.6. The first-order valence-electron chi connectivity index (χ1n) is 7.22. The average molecular weight is 372 g/mol. The highest BCUT2D eigenvalue weighted by atomic mass is 32.2. The van der Waals surface area contributed by atoms with Crippen LogP contribution in [0.1, 0.15) is 17.2 Å². The maximum atomic E-state index is 14.1. The SMILES string of the molecule is Cc1cc(S(=O)(=O)N2Cc3nnc(C)n3CC2C(=O)O)c(F)cc1F. The molecule has 1 aromatic carbocycles. The molecule has 0 fully saturated rings. The fourth-order valence-electron chi connectivity index (χ4n) is 2.70. The Morgan fingerprint density at radius 3 is 2.56 bits per heavy atom. The number of aryl methyl sites for hydroxylation is 2. The zero-order chi connectivity index (χ0) is 18.5. The van der Waals surface area contributed by atoms with Crippen LogP contribution in [-0.4, -0.2) is 44.6 Å². The van der Waals surface area contributed by atoms with Crippen LogP contribution in [0.4, 0.5) is 8.78 Å². The van der Waals surface area contributed by atoms with Crippen LogP contribution in [0.5, 0.6) is 0 Å². The molecular weight excluding hydrogens is 358 g/mol. The number of fused-ring (bicyclic) bond motifs is 1. The van der Waals surface area contributed by atoms with E-state index < -0.39 is 38.6 Å². The highest BCUT2D eigenvalue weighted by molar-refractivity contribution is 7.89. The summed E-state index contributed by atoms with van der Waals surface area (Å²) in [6.07, 6.45) is 0. The second-order valence-electron chi connectivity index (χ2n) is 5.71. The number of carboxylic acids is 1. The molecule has 1 aliphatic heterocycles. The van der Waals surface area contributed by atoms with E-state index in [1.165, 1.54) is 11.5 Å². The highest BCUT2D eigenvalue weighted by Gasteiger charge is 2.42. The molecule has 3 rings (SSSR count). The number of hydrogen-bond acceptors (Lipinski definition) is 5. The molecule has 2 heterocycles. The topological polar surface area (TPSA) is 105 Å². The molecule has 8 nitrogen and oxygen atoms in total. The summed E-state index contributed by atoms with van der Waals surface area (Å²) in [5, 5.41) is 17.0. The van der Waals surface area contributed by atoms with Gasteiger partial charge in [-0.05, 0) is 25.5 Å². The Hall–Kier alpha value is -2.40. The predicted octanol–water partition coefficient (Wildman–Crippen LogP) is 0.831. The van der Waals surface area contributed by atoms with E-state index in [0.717, 1.165) is 6.07 Å². The smallest absolute Gasteiger partial charge is 0.323 e. The molecule has 1 atom stereocenters. The second kappa shape index (κ2) is 5.85. The standard InChI is InChI=1S/C14H14F2N4O4S/c1-7-3-12(10(16)4-9(7)15)25(23,24)20-6-13-18-17-8(2)19(13)5-11(20)14(21)22/h3-4,11H,5-6H2,1-2H3,(H,21,22). The van der Waals surface area contributed by atoms with E-state index in [-0.39, 0.29) is 24.5 Å². The minimum absolute atomic E-state index is 0.0668. The quantitative estimate of drug-likeness (QED) is 0.856. The fourth-order valence-corrected chi connectivity index (χ4v) is 4.36. The lowest BCUT2D eigenvalue weighted by atomic mass is 10.2. The number of carbonyl (C=O) groups is 1. The van der Waals surface area contributed by atoms with Crippen molar-refractivity contribution in [3.05, 3.63) is 41.0 Å². The van der Waals surface area contributed by atoms with Gasteiger partial charge in [0.25, 0.3) is 0 Å². The van der Waals surface area contributed by atoms with E-state index in [1.54, 1.807) is 6.92 Å². The molecule has 1 aliphatic rings. The number of nitrogens with zero attached hydrogens (tertiary/aromatic N) is 4. The molecule has 1 N–H and O–H groups in total. The van der Waals surface area contributed by atoms with Crippen molar-refractivity contribution in [1.82, 2.24) is 19.1 Å². The van der Waals surface area contributed by atoms with Crippen LogP contribution in [-0.2, 0) is 27.9 Å². The summed E-state index contributed by atoms with van der Waals surface area (Å²) in [5.41, 5.74) is -0.0668. The van der Waals surface area contributed by atoms with Crippen molar-refractivity contribution in [2.45, 2.75) is 37.9 Å². The minimum atomic E-state index is -4.53. The molecule has 0 radical (unpaired) electrons. The van der Waals surface area contributed by atoms with Crippen molar-refractivity contribution in [1.29, 1.82) is 0 Å². The zero-order valence-electron chi connectivity index (χ0n) is 13.3. The third-order valence-electron chi connectivity index (χ3n) is 4.10. The Balaban J connectivity index is 2.12. The third kappa shape index (κ3) is 2.78. The number of aliphatic carboxylic acids is 1. The lowest BCUT2D eigenvalue weighted by molar-refractivity contribution is -0.142. The van der Waals surface area contributed by atoms with E-state index in [0.29, 0.717) is 16.2 Å². The van der Waals surface area contributed by atoms with E-state index in [9.17, 15) is 27.1 Å². The summed E-state index contributed by atoms with van der Waals surface area (Å²) in [4.78, 5) is 10.8. The number of benzene rings is 1. The van der Waals surface area contributed by atoms with Gasteiger partial charge in [0.2, 0.25) is 10.0 Å². The van der Waals surface area contributed by atoms with Gasteiger partial charge < -0.3 is 9.67 Å². The number of halogens is 2.